The predicted octanol–water partition coefficient (Wildman–Crippen LogP) is 3.99. The molecule has 2 heterocycles. The van der Waals surface area contributed by atoms with E-state index in [9.17, 15) is 13.6 Å². The topological polar surface area (TPSA) is 42.4 Å². The molecule has 0 N–H and O–H groups in total. The SMILES string of the molecule is CC(C)CC(=O)N1CCC(Oc2nc3c(F)cc(F)cc3s2)CC1. The van der Waals surface area contributed by atoms with Crippen LogP contribution in [0.1, 0.15) is 33.1 Å². The van der Waals surface area contributed by atoms with Gasteiger partial charge in [-0.05, 0) is 12.0 Å². The van der Waals surface area contributed by atoms with Gasteiger partial charge in [-0.15, -0.1) is 0 Å². The van der Waals surface area contributed by atoms with Gasteiger partial charge < -0.3 is 9.64 Å². The van der Waals surface area contributed by atoms with Gasteiger partial charge in [-0.25, -0.2) is 8.78 Å². The van der Waals surface area contributed by atoms with Gasteiger partial charge in [-0.3, -0.25) is 4.79 Å². The Labute approximate surface area is 143 Å². The number of carbonyl (C=O) groups is 1. The van der Waals surface area contributed by atoms with Crippen LogP contribution in [0.25, 0.3) is 10.2 Å². The number of aromatic nitrogens is 1. The molecule has 1 amide bonds. The number of hydrogen-bond acceptors (Lipinski definition) is 4. The van der Waals surface area contributed by atoms with E-state index in [-0.39, 0.29) is 17.5 Å². The zero-order chi connectivity index (χ0) is 17.3. The number of likely N-dealkylation sites (tertiary alicyclic amines) is 1. The third-order valence-corrected chi connectivity index (χ3v) is 4.93. The Hall–Kier alpha value is -1.76. The van der Waals surface area contributed by atoms with Crippen LogP contribution in [-0.2, 0) is 4.79 Å². The van der Waals surface area contributed by atoms with Crippen LogP contribution in [0, 0.1) is 17.6 Å². The lowest BCUT2D eigenvalue weighted by molar-refractivity contribution is -0.133. The quantitative estimate of drug-likeness (QED) is 0.834. The van der Waals surface area contributed by atoms with Crippen molar-refractivity contribution >= 4 is 27.5 Å². The summed E-state index contributed by atoms with van der Waals surface area (Å²) in [5.41, 5.74) is 0.140. The van der Waals surface area contributed by atoms with E-state index in [4.69, 9.17) is 4.74 Å². The number of nitrogens with zero attached hydrogens (tertiary/aromatic N) is 2. The maximum atomic E-state index is 13.7. The molecule has 24 heavy (non-hydrogen) atoms. The Kier molecular flexibility index (Phi) is 4.99. The summed E-state index contributed by atoms with van der Waals surface area (Å²) in [6, 6.07) is 2.08. The first-order valence-corrected chi connectivity index (χ1v) is 8.94. The number of thiazole rings is 1. The van der Waals surface area contributed by atoms with Crippen LogP contribution in [0.15, 0.2) is 12.1 Å². The van der Waals surface area contributed by atoms with Crippen molar-refractivity contribution in [3.05, 3.63) is 23.8 Å². The molecule has 0 bridgehead atoms. The van der Waals surface area contributed by atoms with Gasteiger partial charge in [-0.1, -0.05) is 25.2 Å². The van der Waals surface area contributed by atoms with Crippen molar-refractivity contribution < 1.29 is 18.3 Å². The average molecular weight is 354 g/mol. The second kappa shape index (κ2) is 7.01. The molecule has 0 radical (unpaired) electrons. The zero-order valence-corrected chi connectivity index (χ0v) is 14.5. The summed E-state index contributed by atoms with van der Waals surface area (Å²) in [4.78, 5) is 18.0. The van der Waals surface area contributed by atoms with Crippen molar-refractivity contribution in [2.24, 2.45) is 5.92 Å². The molecular formula is C17H20F2N2O2S. The lowest BCUT2D eigenvalue weighted by Crippen LogP contribution is -2.42. The van der Waals surface area contributed by atoms with Crippen LogP contribution >= 0.6 is 11.3 Å². The number of ether oxygens (including phenoxy) is 1. The van der Waals surface area contributed by atoms with Gasteiger partial charge in [0.25, 0.3) is 5.19 Å². The molecule has 1 aromatic carbocycles. The number of fused-ring (bicyclic) bond motifs is 1. The van der Waals surface area contributed by atoms with Crippen molar-refractivity contribution in [2.45, 2.75) is 39.2 Å². The van der Waals surface area contributed by atoms with E-state index in [1.807, 2.05) is 18.7 Å². The maximum Gasteiger partial charge on any atom is 0.274 e. The lowest BCUT2D eigenvalue weighted by atomic mass is 10.1. The highest BCUT2D eigenvalue weighted by Crippen LogP contribution is 2.32. The molecular weight excluding hydrogens is 334 g/mol. The summed E-state index contributed by atoms with van der Waals surface area (Å²) in [7, 11) is 0. The Balaban J connectivity index is 1.60. The van der Waals surface area contributed by atoms with Crippen LogP contribution in [0.2, 0.25) is 0 Å². The third-order valence-electron chi connectivity index (χ3n) is 4.04. The summed E-state index contributed by atoms with van der Waals surface area (Å²) in [6.45, 7) is 5.37. The van der Waals surface area contributed by atoms with E-state index in [0.717, 1.165) is 30.2 Å². The third kappa shape index (κ3) is 3.83. The molecule has 0 saturated carbocycles. The van der Waals surface area contributed by atoms with Crippen molar-refractivity contribution in [1.82, 2.24) is 9.88 Å². The van der Waals surface area contributed by atoms with Gasteiger partial charge in [-0.2, -0.15) is 4.98 Å². The molecule has 1 aliphatic rings. The molecule has 1 aromatic heterocycles. The Bertz CT molecular complexity index is 740. The maximum absolute atomic E-state index is 13.7. The fourth-order valence-corrected chi connectivity index (χ4v) is 3.75. The second-order valence-corrected chi connectivity index (χ2v) is 7.50. The summed E-state index contributed by atoms with van der Waals surface area (Å²) >= 11 is 1.14. The molecule has 7 heteroatoms. The van der Waals surface area contributed by atoms with Gasteiger partial charge in [0.2, 0.25) is 5.91 Å². The minimum Gasteiger partial charge on any atom is -0.467 e. The average Bonchev–Trinajstić information content (AvgIpc) is 2.90. The fraction of sp³-hybridized carbons (Fsp3) is 0.529. The van der Waals surface area contributed by atoms with E-state index < -0.39 is 11.6 Å². The number of hydrogen-bond donors (Lipinski definition) is 0. The second-order valence-electron chi connectivity index (χ2n) is 6.51. The molecule has 1 saturated heterocycles. The first-order valence-electron chi connectivity index (χ1n) is 8.12. The largest absolute Gasteiger partial charge is 0.467 e. The molecule has 0 unspecified atom stereocenters. The van der Waals surface area contributed by atoms with Crippen LogP contribution in [0.3, 0.4) is 0 Å². The molecule has 1 fully saturated rings. The number of halogens is 2. The fourth-order valence-electron chi connectivity index (χ4n) is 2.83. The van der Waals surface area contributed by atoms with Crippen LogP contribution < -0.4 is 4.74 Å². The van der Waals surface area contributed by atoms with Crippen molar-refractivity contribution in [3.63, 3.8) is 0 Å². The van der Waals surface area contributed by atoms with Gasteiger partial charge in [0.15, 0.2) is 5.82 Å². The van der Waals surface area contributed by atoms with Crippen LogP contribution in [0.4, 0.5) is 8.78 Å². The summed E-state index contributed by atoms with van der Waals surface area (Å²) in [5, 5.41) is 0.349. The number of piperidine rings is 1. The standard InChI is InChI=1S/C17H20F2N2O2S/c1-10(2)7-15(22)21-5-3-12(4-6-21)23-17-20-16-13(19)8-11(18)9-14(16)24-17/h8-10,12H,3-7H2,1-2H3. The Morgan fingerprint density at radius 3 is 2.75 bits per heavy atom. The molecule has 1 aliphatic heterocycles. The Morgan fingerprint density at radius 1 is 1.38 bits per heavy atom. The number of benzene rings is 1. The molecule has 4 nitrogen and oxygen atoms in total. The summed E-state index contributed by atoms with van der Waals surface area (Å²) in [5.74, 6) is -0.761. The van der Waals surface area contributed by atoms with Gasteiger partial charge in [0.1, 0.15) is 17.4 Å². The van der Waals surface area contributed by atoms with Crippen molar-refractivity contribution in [3.8, 4) is 5.19 Å². The lowest BCUT2D eigenvalue weighted by Gasteiger charge is -2.32. The van der Waals surface area contributed by atoms with E-state index in [1.54, 1.807) is 0 Å². The molecule has 2 aromatic rings. The highest BCUT2D eigenvalue weighted by Gasteiger charge is 2.25. The normalized spacial score (nSPS) is 16.1. The molecule has 130 valence electrons. The summed E-state index contributed by atoms with van der Waals surface area (Å²) < 4.78 is 33.2. The monoisotopic (exact) mass is 354 g/mol. The molecule has 0 atom stereocenters. The van der Waals surface area contributed by atoms with E-state index in [2.05, 4.69) is 4.98 Å². The van der Waals surface area contributed by atoms with Crippen molar-refractivity contribution in [1.29, 1.82) is 0 Å². The zero-order valence-electron chi connectivity index (χ0n) is 13.7. The van der Waals surface area contributed by atoms with Gasteiger partial charge in [0.05, 0.1) is 4.70 Å². The highest BCUT2D eigenvalue weighted by atomic mass is 32.1. The first-order chi connectivity index (χ1) is 11.4. The van der Waals surface area contributed by atoms with Crippen LogP contribution in [0.5, 0.6) is 5.19 Å². The minimum absolute atomic E-state index is 0.0541. The van der Waals surface area contributed by atoms with Gasteiger partial charge in [0, 0.05) is 38.4 Å². The van der Waals surface area contributed by atoms with Gasteiger partial charge >= 0.3 is 0 Å². The highest BCUT2D eigenvalue weighted by molar-refractivity contribution is 7.20. The smallest absolute Gasteiger partial charge is 0.274 e. The predicted molar refractivity (Wildman–Crippen MR) is 89.2 cm³/mol. The minimum atomic E-state index is -0.676. The summed E-state index contributed by atoms with van der Waals surface area (Å²) in [6.07, 6.45) is 1.95. The Morgan fingerprint density at radius 2 is 2.08 bits per heavy atom. The first kappa shape index (κ1) is 17.1. The van der Waals surface area contributed by atoms with E-state index in [1.165, 1.54) is 6.07 Å². The van der Waals surface area contributed by atoms with E-state index in [0.29, 0.717) is 35.3 Å². The van der Waals surface area contributed by atoms with E-state index >= 15 is 0 Å². The number of amides is 1. The number of rotatable bonds is 4. The molecule has 3 rings (SSSR count). The number of carbonyl (C=O) groups excluding carboxylic acids is 1. The van der Waals surface area contributed by atoms with Crippen LogP contribution in [-0.4, -0.2) is 35.0 Å². The van der Waals surface area contributed by atoms with Crippen molar-refractivity contribution in [2.75, 3.05) is 13.1 Å². The molecule has 0 aliphatic carbocycles. The molecule has 0 spiro atoms.